The second-order valence-electron chi connectivity index (χ2n) is 3.76. The summed E-state index contributed by atoms with van der Waals surface area (Å²) in [6, 6.07) is 0. The van der Waals surface area contributed by atoms with Crippen molar-refractivity contribution in [3.05, 3.63) is 0 Å². The van der Waals surface area contributed by atoms with Crippen LogP contribution in [0.2, 0.25) is 18.1 Å². The minimum Gasteiger partial charge on any atom is -0.297 e. The fourth-order valence-electron chi connectivity index (χ4n) is 0. The average Bonchev–Trinajstić information content (AvgIpc) is 1.25. The van der Waals surface area contributed by atoms with Crippen LogP contribution in [0.5, 0.6) is 0 Å². The van der Waals surface area contributed by atoms with E-state index >= 15 is 0 Å². The SMILES string of the molecule is CC(C)(C)[Si](C)(C)[2O]. The van der Waals surface area contributed by atoms with Crippen LogP contribution in [0.4, 0.5) is 0 Å². The van der Waals surface area contributed by atoms with Gasteiger partial charge in [0.25, 0.3) is 0 Å². The van der Waals surface area contributed by atoms with E-state index in [1.54, 1.807) is 0 Å². The molecule has 0 aliphatic heterocycles. The van der Waals surface area contributed by atoms with Crippen LogP contribution in [0.3, 0.4) is 0 Å². The van der Waals surface area contributed by atoms with Gasteiger partial charge < -0.3 is 0 Å². The maximum Gasteiger partial charge on any atom is 0.236 e. The Balaban J connectivity index is 4.02. The Bertz CT molecular complexity index is 63.5. The van der Waals surface area contributed by atoms with Gasteiger partial charge in [-0.25, -0.2) is 0 Å². The minimum absolute atomic E-state index is 0.0208. The third-order valence-electron chi connectivity index (χ3n) is 1.81. The molecule has 0 saturated carbocycles. The first-order valence-electron chi connectivity index (χ1n) is 2.95. The fraction of sp³-hybridized carbons (Fsp3) is 1.00. The highest BCUT2D eigenvalue weighted by Crippen LogP contribution is 2.33. The molecule has 0 N–H and O–H groups in total. The van der Waals surface area contributed by atoms with Crippen LogP contribution < -0.4 is 0 Å². The molecule has 0 spiro atoms. The average molecular weight is 117 g/mol. The Morgan fingerprint density at radius 1 is 1.12 bits per heavy atom. The van der Waals surface area contributed by atoms with E-state index in [4.69, 9.17) is 0 Å². The Morgan fingerprint density at radius 3 is 1.25 bits per heavy atom. The number of rotatable bonds is 0. The van der Waals surface area contributed by atoms with Gasteiger partial charge in [0.05, 0.1) is 0 Å². The highest BCUT2D eigenvalue weighted by Gasteiger charge is 2.35. The zero-order valence-electron chi connectivity index (χ0n) is 6.41. The Kier molecular flexibility index (Phi) is 1.89. The number of hydrogen-bond acceptors (Lipinski definition) is 0. The van der Waals surface area contributed by atoms with Gasteiger partial charge in [0, 0.05) is 0 Å². The van der Waals surface area contributed by atoms with Crippen LogP contribution >= 0.6 is 0 Å². The summed E-state index contributed by atoms with van der Waals surface area (Å²) in [6.07, 6.45) is 0. The van der Waals surface area contributed by atoms with E-state index in [1.165, 1.54) is 0 Å². The zero-order valence-corrected chi connectivity index (χ0v) is 7.41. The summed E-state index contributed by atoms with van der Waals surface area (Å²) in [5, 5.41) is 0.0208. The maximum atomic E-state index is 11.3. The van der Waals surface area contributed by atoms with Crippen molar-refractivity contribution in [2.24, 2.45) is 0 Å². The van der Waals surface area contributed by atoms with Crippen LogP contribution in [-0.2, 0) is 4.80 Å². The third-order valence-corrected chi connectivity index (χ3v) is 5.42. The summed E-state index contributed by atoms with van der Waals surface area (Å²) in [6.45, 7) is 9.77. The van der Waals surface area contributed by atoms with Crippen molar-refractivity contribution < 1.29 is 4.80 Å². The van der Waals surface area contributed by atoms with Crippen LogP contribution in [0.15, 0.2) is 0 Å². The van der Waals surface area contributed by atoms with Gasteiger partial charge in [-0.05, 0) is 18.1 Å². The van der Waals surface area contributed by atoms with E-state index in [-0.39, 0.29) is 5.04 Å². The molecule has 49 valence electrons. The van der Waals surface area contributed by atoms with Crippen molar-refractivity contribution in [2.75, 3.05) is 0 Å². The Hall–Kier alpha value is 0.177. The topological polar surface area (TPSA) is 19.9 Å². The van der Waals surface area contributed by atoms with Gasteiger partial charge in [0.15, 0.2) is 0 Å². The summed E-state index contributed by atoms with van der Waals surface area (Å²) in [7, 11) is -2.11. The van der Waals surface area contributed by atoms with Crippen LogP contribution in [0, 0.1) is 0 Å². The van der Waals surface area contributed by atoms with Crippen molar-refractivity contribution in [2.45, 2.75) is 38.9 Å². The van der Waals surface area contributed by atoms with Gasteiger partial charge in [-0.2, -0.15) is 0 Å². The molecule has 1 radical (unpaired) electrons. The van der Waals surface area contributed by atoms with E-state index in [2.05, 4.69) is 0 Å². The van der Waals surface area contributed by atoms with Crippen LogP contribution in [-0.4, -0.2) is 8.32 Å². The monoisotopic (exact) mass is 117 g/mol. The van der Waals surface area contributed by atoms with E-state index in [9.17, 15) is 4.80 Å². The van der Waals surface area contributed by atoms with E-state index in [0.717, 1.165) is 0 Å². The molecule has 0 aromatic rings. The van der Waals surface area contributed by atoms with E-state index in [0.29, 0.717) is 0 Å². The van der Waals surface area contributed by atoms with Crippen LogP contribution in [0.1, 0.15) is 20.8 Å². The minimum atomic E-state index is -2.11. The van der Waals surface area contributed by atoms with Crippen molar-refractivity contribution in [1.82, 2.24) is 0 Å². The van der Waals surface area contributed by atoms with Gasteiger partial charge in [-0.15, -0.1) is 0 Å². The molecule has 0 saturated heterocycles. The lowest BCUT2D eigenvalue weighted by molar-refractivity contribution is 0.390. The Labute approximate surface area is 52.9 Å². The van der Waals surface area contributed by atoms with Gasteiger partial charge in [0.2, 0.25) is 8.32 Å². The second-order valence-corrected chi connectivity index (χ2v) is 8.28. The highest BCUT2D eigenvalue weighted by atomic mass is 28.3. The molecular formula is C6H15OSi. The normalized spacial score (nSPS) is 14.2. The number of hydrogen-bond donors (Lipinski definition) is 0. The molecule has 0 heterocycles. The van der Waals surface area contributed by atoms with Gasteiger partial charge in [-0.3, -0.25) is 4.80 Å². The van der Waals surface area contributed by atoms with Gasteiger partial charge >= 0.3 is 0 Å². The van der Waals surface area contributed by atoms with Crippen molar-refractivity contribution >= 4 is 8.32 Å². The molecule has 0 amide bonds. The van der Waals surface area contributed by atoms with E-state index < -0.39 is 8.32 Å². The lowest BCUT2D eigenvalue weighted by atomic mass is 1.96. The zero-order chi connectivity index (χ0) is 7.00. The van der Waals surface area contributed by atoms with Crippen LogP contribution in [0.25, 0.3) is 0 Å². The quantitative estimate of drug-likeness (QED) is 0.434. The molecule has 0 aromatic carbocycles. The smallest absolute Gasteiger partial charge is 0.236 e. The lowest BCUT2D eigenvalue weighted by Crippen LogP contribution is -2.35. The third kappa shape index (κ3) is 1.97. The predicted molar refractivity (Wildman–Crippen MR) is 37.9 cm³/mol. The maximum absolute atomic E-state index is 11.3. The molecule has 0 fully saturated rings. The molecule has 8 heavy (non-hydrogen) atoms. The lowest BCUT2D eigenvalue weighted by Gasteiger charge is -2.27. The van der Waals surface area contributed by atoms with Crippen molar-refractivity contribution in [3.8, 4) is 0 Å². The molecule has 0 atom stereocenters. The molecule has 0 aliphatic carbocycles. The van der Waals surface area contributed by atoms with Crippen molar-refractivity contribution in [1.29, 1.82) is 0 Å². The molecule has 2 heteroatoms. The first-order chi connectivity index (χ1) is 3.25. The fourth-order valence-corrected chi connectivity index (χ4v) is 0. The second kappa shape index (κ2) is 1.85. The van der Waals surface area contributed by atoms with Gasteiger partial charge in [0.1, 0.15) is 0 Å². The Morgan fingerprint density at radius 2 is 1.25 bits per heavy atom. The molecule has 0 aliphatic rings. The molecule has 0 rings (SSSR count). The first kappa shape index (κ1) is 8.18. The predicted octanol–water partition coefficient (Wildman–Crippen LogP) is 2.42. The summed E-state index contributed by atoms with van der Waals surface area (Å²) in [5.41, 5.74) is 0. The molecule has 0 bridgehead atoms. The summed E-state index contributed by atoms with van der Waals surface area (Å²) in [4.78, 5) is 11.3. The molecule has 0 aromatic heterocycles. The summed E-state index contributed by atoms with van der Waals surface area (Å²) in [5.74, 6) is 0. The summed E-state index contributed by atoms with van der Waals surface area (Å²) >= 11 is 0. The van der Waals surface area contributed by atoms with Crippen molar-refractivity contribution in [3.63, 3.8) is 0 Å². The molecule has 0 unspecified atom stereocenters. The first-order valence-corrected chi connectivity index (χ1v) is 5.86. The summed E-state index contributed by atoms with van der Waals surface area (Å²) < 4.78 is 0. The molecular weight excluding hydrogens is 102 g/mol. The standard InChI is InChI=1S/C6H15OSi/c1-6(2,3)8(4,5)7/h1-5H3/i7-14. The highest BCUT2D eigenvalue weighted by molar-refractivity contribution is 6.72. The van der Waals surface area contributed by atoms with E-state index in [1.807, 2.05) is 33.9 Å². The van der Waals surface area contributed by atoms with Gasteiger partial charge in [-0.1, -0.05) is 20.8 Å². The molecule has 1 nitrogen and oxygen atoms in total. The largest absolute Gasteiger partial charge is 0.297 e.